The molecule has 0 saturated heterocycles. The van der Waals surface area contributed by atoms with Gasteiger partial charge in [0.1, 0.15) is 6.61 Å². The van der Waals surface area contributed by atoms with Gasteiger partial charge in [-0.25, -0.2) is 0 Å². The molecule has 0 aliphatic carbocycles. The van der Waals surface area contributed by atoms with Crippen LogP contribution in [0.15, 0.2) is 48.8 Å². The standard InChI is InChI=1S/C22H24N2O2S/c1-16-6-7-21(27-16)18-12-19-15-24(10-11-26-22(19)20(25)13-18)9-3-5-17-4-2-8-23-14-17/h2,4,6-8,12-14,25H,3,5,9-11,15H2,1H3. The number of benzene rings is 1. The Hall–Kier alpha value is -2.37. The van der Waals surface area contributed by atoms with Crippen LogP contribution in [0.25, 0.3) is 10.4 Å². The maximum atomic E-state index is 10.5. The van der Waals surface area contributed by atoms with Crippen LogP contribution in [0.2, 0.25) is 0 Å². The summed E-state index contributed by atoms with van der Waals surface area (Å²) in [6.45, 7) is 5.37. The van der Waals surface area contributed by atoms with Gasteiger partial charge in [-0.2, -0.15) is 0 Å². The van der Waals surface area contributed by atoms with Crippen LogP contribution in [0.1, 0.15) is 22.4 Å². The van der Waals surface area contributed by atoms with E-state index in [9.17, 15) is 5.11 Å². The Morgan fingerprint density at radius 1 is 1.26 bits per heavy atom. The zero-order chi connectivity index (χ0) is 18.6. The SMILES string of the molecule is Cc1ccc(-c2cc(O)c3c(c2)CN(CCCc2cccnc2)CCO3)s1. The molecule has 3 heterocycles. The number of hydrogen-bond acceptors (Lipinski definition) is 5. The zero-order valence-corrected chi connectivity index (χ0v) is 16.3. The predicted molar refractivity (Wildman–Crippen MR) is 109 cm³/mol. The van der Waals surface area contributed by atoms with Crippen LogP contribution in [0.3, 0.4) is 0 Å². The lowest BCUT2D eigenvalue weighted by Crippen LogP contribution is -2.27. The molecule has 0 amide bonds. The van der Waals surface area contributed by atoms with Crippen molar-refractivity contribution in [2.45, 2.75) is 26.3 Å². The van der Waals surface area contributed by atoms with Crippen molar-refractivity contribution >= 4 is 11.3 Å². The monoisotopic (exact) mass is 380 g/mol. The smallest absolute Gasteiger partial charge is 0.165 e. The van der Waals surface area contributed by atoms with Crippen LogP contribution >= 0.6 is 11.3 Å². The summed E-state index contributed by atoms with van der Waals surface area (Å²) in [6.07, 6.45) is 5.86. The number of ether oxygens (including phenoxy) is 1. The molecule has 1 aliphatic rings. The number of aromatic hydroxyl groups is 1. The highest BCUT2D eigenvalue weighted by molar-refractivity contribution is 7.15. The van der Waals surface area contributed by atoms with E-state index in [1.54, 1.807) is 11.3 Å². The van der Waals surface area contributed by atoms with Gasteiger partial charge in [0.2, 0.25) is 0 Å². The van der Waals surface area contributed by atoms with E-state index in [0.717, 1.165) is 43.6 Å². The fourth-order valence-corrected chi connectivity index (χ4v) is 4.38. The minimum Gasteiger partial charge on any atom is -0.504 e. The number of phenols is 1. The van der Waals surface area contributed by atoms with E-state index >= 15 is 0 Å². The number of pyridine rings is 1. The molecule has 0 bridgehead atoms. The molecule has 1 aromatic carbocycles. The molecule has 140 valence electrons. The first-order valence-corrected chi connectivity index (χ1v) is 10.2. The Morgan fingerprint density at radius 2 is 2.19 bits per heavy atom. The van der Waals surface area contributed by atoms with Gasteiger partial charge in [0, 0.05) is 40.8 Å². The molecule has 0 spiro atoms. The molecule has 1 N–H and O–H groups in total. The average molecular weight is 381 g/mol. The Bertz CT molecular complexity index is 908. The third-order valence-electron chi connectivity index (χ3n) is 4.88. The van der Waals surface area contributed by atoms with Crippen LogP contribution in [0, 0.1) is 6.92 Å². The van der Waals surface area contributed by atoms with E-state index in [1.807, 2.05) is 24.5 Å². The first-order valence-electron chi connectivity index (χ1n) is 9.36. The van der Waals surface area contributed by atoms with Crippen molar-refractivity contribution in [2.24, 2.45) is 0 Å². The van der Waals surface area contributed by atoms with Gasteiger partial charge in [0.05, 0.1) is 0 Å². The Balaban J connectivity index is 1.48. The summed E-state index contributed by atoms with van der Waals surface area (Å²) in [5, 5.41) is 10.5. The van der Waals surface area contributed by atoms with Crippen LogP contribution in [-0.2, 0) is 13.0 Å². The number of hydrogen-bond donors (Lipinski definition) is 1. The van der Waals surface area contributed by atoms with Crippen molar-refractivity contribution in [1.29, 1.82) is 0 Å². The Kier molecular flexibility index (Phi) is 5.41. The molecule has 27 heavy (non-hydrogen) atoms. The maximum Gasteiger partial charge on any atom is 0.165 e. The van der Waals surface area contributed by atoms with E-state index < -0.39 is 0 Å². The molecular formula is C22H24N2O2S. The molecule has 4 rings (SSSR count). The second kappa shape index (κ2) is 8.11. The number of aryl methyl sites for hydroxylation is 2. The van der Waals surface area contributed by atoms with Crippen LogP contribution in [0.4, 0.5) is 0 Å². The van der Waals surface area contributed by atoms with E-state index in [1.165, 1.54) is 15.3 Å². The summed E-state index contributed by atoms with van der Waals surface area (Å²) in [4.78, 5) is 9.04. The number of nitrogens with zero attached hydrogens (tertiary/aromatic N) is 2. The topological polar surface area (TPSA) is 45.6 Å². The van der Waals surface area contributed by atoms with E-state index in [4.69, 9.17) is 4.74 Å². The first-order chi connectivity index (χ1) is 13.2. The quantitative estimate of drug-likeness (QED) is 0.700. The highest BCUT2D eigenvalue weighted by Gasteiger charge is 2.20. The van der Waals surface area contributed by atoms with Crippen molar-refractivity contribution < 1.29 is 9.84 Å². The van der Waals surface area contributed by atoms with Crippen LogP contribution in [0.5, 0.6) is 11.5 Å². The number of rotatable bonds is 5. The predicted octanol–water partition coefficient (Wildman–Crippen LogP) is 4.65. The lowest BCUT2D eigenvalue weighted by atomic mass is 10.1. The van der Waals surface area contributed by atoms with Gasteiger partial charge in [-0.1, -0.05) is 6.07 Å². The summed E-state index contributed by atoms with van der Waals surface area (Å²) in [5.74, 6) is 0.882. The minimum absolute atomic E-state index is 0.241. The highest BCUT2D eigenvalue weighted by Crippen LogP contribution is 2.39. The molecule has 1 aliphatic heterocycles. The number of aromatic nitrogens is 1. The van der Waals surface area contributed by atoms with Crippen molar-refractivity contribution in [3.05, 3.63) is 64.8 Å². The lowest BCUT2D eigenvalue weighted by molar-refractivity contribution is 0.221. The molecule has 0 atom stereocenters. The average Bonchev–Trinajstić information content (AvgIpc) is 2.99. The molecule has 2 aromatic heterocycles. The minimum atomic E-state index is 0.241. The van der Waals surface area contributed by atoms with E-state index in [-0.39, 0.29) is 5.75 Å². The molecular weight excluding hydrogens is 356 g/mol. The van der Waals surface area contributed by atoms with Crippen molar-refractivity contribution in [3.63, 3.8) is 0 Å². The van der Waals surface area contributed by atoms with Gasteiger partial charge in [-0.15, -0.1) is 11.3 Å². The van der Waals surface area contributed by atoms with Gasteiger partial charge in [0.15, 0.2) is 11.5 Å². The summed E-state index contributed by atoms with van der Waals surface area (Å²) >= 11 is 1.75. The van der Waals surface area contributed by atoms with Crippen LogP contribution < -0.4 is 4.74 Å². The molecule has 0 saturated carbocycles. The van der Waals surface area contributed by atoms with E-state index in [2.05, 4.69) is 41.1 Å². The second-order valence-corrected chi connectivity index (χ2v) is 8.27. The van der Waals surface area contributed by atoms with Gasteiger partial charge >= 0.3 is 0 Å². The summed E-state index contributed by atoms with van der Waals surface area (Å²) < 4.78 is 5.87. The Morgan fingerprint density at radius 3 is 2.96 bits per heavy atom. The summed E-state index contributed by atoms with van der Waals surface area (Å²) in [7, 11) is 0. The fraction of sp³-hybridized carbons (Fsp3) is 0.318. The number of fused-ring (bicyclic) bond motifs is 1. The third-order valence-corrected chi connectivity index (χ3v) is 5.93. The Labute approximate surface area is 164 Å². The highest BCUT2D eigenvalue weighted by atomic mass is 32.1. The fourth-order valence-electron chi connectivity index (χ4n) is 3.53. The van der Waals surface area contributed by atoms with Gasteiger partial charge < -0.3 is 9.84 Å². The molecule has 0 radical (unpaired) electrons. The summed E-state index contributed by atoms with van der Waals surface area (Å²) in [5.41, 5.74) is 3.40. The van der Waals surface area contributed by atoms with Gasteiger partial charge in [0.25, 0.3) is 0 Å². The summed E-state index contributed by atoms with van der Waals surface area (Å²) in [6, 6.07) is 12.3. The van der Waals surface area contributed by atoms with Crippen LogP contribution in [-0.4, -0.2) is 34.7 Å². The molecule has 3 aromatic rings. The maximum absolute atomic E-state index is 10.5. The third kappa shape index (κ3) is 4.31. The van der Waals surface area contributed by atoms with Crippen molar-refractivity contribution in [1.82, 2.24) is 9.88 Å². The zero-order valence-electron chi connectivity index (χ0n) is 15.5. The van der Waals surface area contributed by atoms with Crippen molar-refractivity contribution in [2.75, 3.05) is 19.7 Å². The molecule has 4 nitrogen and oxygen atoms in total. The number of thiophene rings is 1. The van der Waals surface area contributed by atoms with E-state index in [0.29, 0.717) is 12.4 Å². The van der Waals surface area contributed by atoms with Gasteiger partial charge in [-0.05, 0) is 67.8 Å². The largest absolute Gasteiger partial charge is 0.504 e. The second-order valence-electron chi connectivity index (χ2n) is 6.98. The molecule has 0 fully saturated rings. The first kappa shape index (κ1) is 18.0. The lowest BCUT2D eigenvalue weighted by Gasteiger charge is -2.19. The van der Waals surface area contributed by atoms with Crippen molar-refractivity contribution in [3.8, 4) is 21.9 Å². The molecule has 5 heteroatoms. The molecule has 0 unspecified atom stereocenters. The normalized spacial score (nSPS) is 14.4. The van der Waals surface area contributed by atoms with Gasteiger partial charge in [-0.3, -0.25) is 9.88 Å². The number of phenolic OH excluding ortho intramolecular Hbond substituents is 1.